The molecular formula is C12H16N6O2. The van der Waals surface area contributed by atoms with Crippen molar-refractivity contribution in [2.75, 3.05) is 7.11 Å². The number of amides is 1. The molecule has 8 heteroatoms. The Labute approximate surface area is 115 Å². The van der Waals surface area contributed by atoms with Gasteiger partial charge in [0.15, 0.2) is 0 Å². The summed E-state index contributed by atoms with van der Waals surface area (Å²) in [4.78, 5) is 15.8. The second-order valence-electron chi connectivity index (χ2n) is 4.06. The summed E-state index contributed by atoms with van der Waals surface area (Å²) in [5.41, 5.74) is 6.88. The molecule has 2 aromatic rings. The number of hydrogen-bond acceptors (Lipinski definition) is 6. The smallest absolute Gasteiger partial charge is 0.242 e. The summed E-state index contributed by atoms with van der Waals surface area (Å²) >= 11 is 0. The highest BCUT2D eigenvalue weighted by atomic mass is 16.5. The molecule has 0 spiro atoms. The third-order valence-corrected chi connectivity index (χ3v) is 2.62. The van der Waals surface area contributed by atoms with E-state index in [1.807, 2.05) is 6.07 Å². The molecule has 0 saturated heterocycles. The van der Waals surface area contributed by atoms with E-state index in [2.05, 4.69) is 20.6 Å². The van der Waals surface area contributed by atoms with Crippen molar-refractivity contribution in [3.63, 3.8) is 0 Å². The van der Waals surface area contributed by atoms with Crippen molar-refractivity contribution >= 4 is 5.91 Å². The van der Waals surface area contributed by atoms with Crippen molar-refractivity contribution in [3.05, 3.63) is 35.8 Å². The Balaban J connectivity index is 1.88. The Hall–Kier alpha value is -2.48. The number of nitrogens with one attached hydrogen (secondary N) is 1. The lowest BCUT2D eigenvalue weighted by molar-refractivity contribution is -0.122. The molecule has 0 atom stereocenters. The van der Waals surface area contributed by atoms with Gasteiger partial charge >= 0.3 is 0 Å². The van der Waals surface area contributed by atoms with Crippen molar-refractivity contribution in [1.29, 1.82) is 0 Å². The molecule has 0 radical (unpaired) electrons. The van der Waals surface area contributed by atoms with E-state index in [0.29, 0.717) is 24.7 Å². The van der Waals surface area contributed by atoms with Crippen molar-refractivity contribution in [1.82, 2.24) is 25.3 Å². The van der Waals surface area contributed by atoms with Gasteiger partial charge in [0.1, 0.15) is 6.54 Å². The molecule has 2 heterocycles. The molecule has 20 heavy (non-hydrogen) atoms. The lowest BCUT2D eigenvalue weighted by Crippen LogP contribution is -2.27. The summed E-state index contributed by atoms with van der Waals surface area (Å²) in [5.74, 6) is 0.323. The number of aromatic nitrogens is 4. The van der Waals surface area contributed by atoms with E-state index >= 15 is 0 Å². The molecule has 3 N–H and O–H groups in total. The number of pyridine rings is 1. The molecule has 0 aliphatic heterocycles. The van der Waals surface area contributed by atoms with Crippen LogP contribution in [0, 0.1) is 0 Å². The van der Waals surface area contributed by atoms with E-state index in [-0.39, 0.29) is 12.5 Å². The third kappa shape index (κ3) is 3.51. The van der Waals surface area contributed by atoms with Crippen LogP contribution >= 0.6 is 0 Å². The van der Waals surface area contributed by atoms with Gasteiger partial charge in [-0.3, -0.25) is 4.79 Å². The van der Waals surface area contributed by atoms with Crippen molar-refractivity contribution in [3.8, 4) is 5.88 Å². The summed E-state index contributed by atoms with van der Waals surface area (Å²) in [6.07, 6.45) is 3.28. The van der Waals surface area contributed by atoms with Gasteiger partial charge in [-0.15, -0.1) is 5.10 Å². The molecule has 106 valence electrons. The van der Waals surface area contributed by atoms with Gasteiger partial charge in [-0.1, -0.05) is 11.3 Å². The number of hydrogen-bond donors (Lipinski definition) is 2. The van der Waals surface area contributed by atoms with Crippen LogP contribution in [-0.4, -0.2) is 33.0 Å². The van der Waals surface area contributed by atoms with Gasteiger partial charge in [-0.05, 0) is 6.07 Å². The predicted octanol–water partition coefficient (Wildman–Crippen LogP) is -0.543. The zero-order chi connectivity index (χ0) is 14.4. The van der Waals surface area contributed by atoms with E-state index in [9.17, 15) is 4.79 Å². The van der Waals surface area contributed by atoms with Crippen LogP contribution in [0.15, 0.2) is 24.5 Å². The Morgan fingerprint density at radius 1 is 1.55 bits per heavy atom. The average molecular weight is 276 g/mol. The molecule has 2 aromatic heterocycles. The van der Waals surface area contributed by atoms with Crippen molar-refractivity contribution in [2.24, 2.45) is 5.73 Å². The lowest BCUT2D eigenvalue weighted by Gasteiger charge is -2.08. The fraction of sp³-hybridized carbons (Fsp3) is 0.333. The largest absolute Gasteiger partial charge is 0.481 e. The second-order valence-corrected chi connectivity index (χ2v) is 4.06. The minimum atomic E-state index is -0.177. The molecule has 2 rings (SSSR count). The maximum atomic E-state index is 11.8. The maximum absolute atomic E-state index is 11.8. The average Bonchev–Trinajstić information content (AvgIpc) is 2.93. The number of ether oxygens (including phenoxy) is 1. The van der Waals surface area contributed by atoms with Crippen LogP contribution in [0.2, 0.25) is 0 Å². The van der Waals surface area contributed by atoms with Crippen LogP contribution in [0.4, 0.5) is 0 Å². The van der Waals surface area contributed by atoms with Gasteiger partial charge in [-0.25, -0.2) is 9.67 Å². The first-order valence-corrected chi connectivity index (χ1v) is 6.06. The summed E-state index contributed by atoms with van der Waals surface area (Å²) in [6.45, 7) is 0.734. The van der Waals surface area contributed by atoms with Crippen LogP contribution < -0.4 is 15.8 Å². The van der Waals surface area contributed by atoms with E-state index in [1.54, 1.807) is 18.5 Å². The minimum absolute atomic E-state index is 0.0928. The Kier molecular flexibility index (Phi) is 4.61. The maximum Gasteiger partial charge on any atom is 0.242 e. The lowest BCUT2D eigenvalue weighted by atomic mass is 10.2. The highest BCUT2D eigenvalue weighted by molar-refractivity contribution is 5.75. The van der Waals surface area contributed by atoms with E-state index in [4.69, 9.17) is 10.5 Å². The predicted molar refractivity (Wildman–Crippen MR) is 70.5 cm³/mol. The Morgan fingerprint density at radius 2 is 2.40 bits per heavy atom. The standard InChI is InChI=1S/C12H16N6O2/c1-20-12-9(3-2-4-14-12)6-15-11(19)8-18-7-10(5-13)16-17-18/h2-4,7H,5-6,8,13H2,1H3,(H,15,19). The zero-order valence-corrected chi connectivity index (χ0v) is 11.1. The van der Waals surface area contributed by atoms with Crippen LogP contribution in [0.1, 0.15) is 11.3 Å². The van der Waals surface area contributed by atoms with E-state index in [1.165, 1.54) is 11.8 Å². The van der Waals surface area contributed by atoms with Gasteiger partial charge in [-0.2, -0.15) is 0 Å². The SMILES string of the molecule is COc1ncccc1CNC(=O)Cn1cc(CN)nn1. The summed E-state index contributed by atoms with van der Waals surface area (Å²) in [5, 5.41) is 10.4. The van der Waals surface area contributed by atoms with Gasteiger partial charge in [0.2, 0.25) is 11.8 Å². The van der Waals surface area contributed by atoms with Gasteiger partial charge < -0.3 is 15.8 Å². The molecule has 0 aliphatic carbocycles. The fourth-order valence-electron chi connectivity index (χ4n) is 1.65. The third-order valence-electron chi connectivity index (χ3n) is 2.62. The molecule has 8 nitrogen and oxygen atoms in total. The summed E-state index contributed by atoms with van der Waals surface area (Å²) in [6, 6.07) is 3.63. The monoisotopic (exact) mass is 276 g/mol. The topological polar surface area (TPSA) is 108 Å². The van der Waals surface area contributed by atoms with Gasteiger partial charge in [0.25, 0.3) is 0 Å². The molecule has 1 amide bonds. The molecule has 0 saturated carbocycles. The quantitative estimate of drug-likeness (QED) is 0.733. The molecule has 0 unspecified atom stereocenters. The Morgan fingerprint density at radius 3 is 3.10 bits per heavy atom. The number of methoxy groups -OCH3 is 1. The van der Waals surface area contributed by atoms with Crippen molar-refractivity contribution < 1.29 is 9.53 Å². The number of nitrogens with zero attached hydrogens (tertiary/aromatic N) is 4. The first-order valence-electron chi connectivity index (χ1n) is 6.06. The van der Waals surface area contributed by atoms with Crippen molar-refractivity contribution in [2.45, 2.75) is 19.6 Å². The van der Waals surface area contributed by atoms with E-state index in [0.717, 1.165) is 5.56 Å². The normalized spacial score (nSPS) is 10.3. The summed E-state index contributed by atoms with van der Waals surface area (Å²) in [7, 11) is 1.54. The van der Waals surface area contributed by atoms with Crippen LogP contribution in [-0.2, 0) is 24.4 Å². The molecule has 0 fully saturated rings. The first-order chi connectivity index (χ1) is 9.72. The fourth-order valence-corrected chi connectivity index (χ4v) is 1.65. The van der Waals surface area contributed by atoms with Gasteiger partial charge in [0, 0.05) is 24.8 Å². The number of carbonyl (C=O) groups is 1. The molecule has 0 aliphatic rings. The molecule has 0 aromatic carbocycles. The zero-order valence-electron chi connectivity index (χ0n) is 11.1. The van der Waals surface area contributed by atoms with Gasteiger partial charge in [0.05, 0.1) is 19.0 Å². The van der Waals surface area contributed by atoms with E-state index < -0.39 is 0 Å². The number of rotatable bonds is 6. The second kappa shape index (κ2) is 6.62. The first kappa shape index (κ1) is 13.9. The molecule has 0 bridgehead atoms. The highest BCUT2D eigenvalue weighted by Gasteiger charge is 2.08. The minimum Gasteiger partial charge on any atom is -0.481 e. The van der Waals surface area contributed by atoms with Crippen LogP contribution in [0.3, 0.4) is 0 Å². The number of nitrogens with two attached hydrogens (primary N) is 1. The van der Waals surface area contributed by atoms with Crippen LogP contribution in [0.5, 0.6) is 5.88 Å². The molecular weight excluding hydrogens is 260 g/mol. The number of carbonyl (C=O) groups excluding carboxylic acids is 1. The van der Waals surface area contributed by atoms with Crippen LogP contribution in [0.25, 0.3) is 0 Å². The Bertz CT molecular complexity index is 583. The summed E-state index contributed by atoms with van der Waals surface area (Å²) < 4.78 is 6.55. The highest BCUT2D eigenvalue weighted by Crippen LogP contribution is 2.12.